The van der Waals surface area contributed by atoms with Crippen LogP contribution in [0.25, 0.3) is 0 Å². The van der Waals surface area contributed by atoms with Gasteiger partial charge in [0.25, 0.3) is 0 Å². The maximum absolute atomic E-state index is 12.1. The molecule has 1 aromatic rings. The van der Waals surface area contributed by atoms with E-state index in [2.05, 4.69) is 22.3 Å². The van der Waals surface area contributed by atoms with Gasteiger partial charge in [-0.25, -0.2) is 0 Å². The van der Waals surface area contributed by atoms with Crippen molar-refractivity contribution in [2.24, 2.45) is 0 Å². The minimum atomic E-state index is -0.925. The topological polar surface area (TPSA) is 69.6 Å². The lowest BCUT2D eigenvalue weighted by molar-refractivity contribution is -0.144. The molecule has 1 saturated heterocycles. The number of fused-ring (bicyclic) bond motifs is 1. The Morgan fingerprint density at radius 2 is 2.19 bits per heavy atom. The Bertz CT molecular complexity index is 558. The van der Waals surface area contributed by atoms with Gasteiger partial charge in [0.1, 0.15) is 6.04 Å². The molecule has 5 heteroatoms. The van der Waals surface area contributed by atoms with E-state index in [1.165, 1.54) is 11.1 Å². The number of benzene rings is 1. The number of hydrogen-bond donors (Lipinski definition) is 2. The summed E-state index contributed by atoms with van der Waals surface area (Å²) in [6.07, 6.45) is 3.00. The first-order valence-electron chi connectivity index (χ1n) is 7.50. The van der Waals surface area contributed by atoms with Crippen molar-refractivity contribution in [2.75, 3.05) is 13.1 Å². The van der Waals surface area contributed by atoms with Crippen LogP contribution in [0.4, 0.5) is 0 Å². The third-order valence-electron chi connectivity index (χ3n) is 4.48. The smallest absolute Gasteiger partial charge is 0.305 e. The van der Waals surface area contributed by atoms with Gasteiger partial charge in [-0.05, 0) is 30.4 Å². The van der Waals surface area contributed by atoms with Crippen LogP contribution in [0.5, 0.6) is 0 Å². The predicted octanol–water partition coefficient (Wildman–Crippen LogP) is 1.34. The van der Waals surface area contributed by atoms with Crippen LogP contribution in [-0.2, 0) is 16.0 Å². The molecule has 1 aliphatic carbocycles. The first-order chi connectivity index (χ1) is 10.2. The fourth-order valence-corrected chi connectivity index (χ4v) is 3.55. The Morgan fingerprint density at radius 3 is 3.00 bits per heavy atom. The van der Waals surface area contributed by atoms with Crippen molar-refractivity contribution in [1.29, 1.82) is 0 Å². The molecule has 2 aliphatic rings. The molecule has 2 unspecified atom stereocenters. The maximum atomic E-state index is 12.1. The number of hydrogen-bond acceptors (Lipinski definition) is 3. The molecule has 1 aromatic carbocycles. The molecule has 1 heterocycles. The average Bonchev–Trinajstić information content (AvgIpc) is 2.48. The van der Waals surface area contributed by atoms with Gasteiger partial charge >= 0.3 is 5.97 Å². The van der Waals surface area contributed by atoms with E-state index >= 15 is 0 Å². The van der Waals surface area contributed by atoms with Crippen LogP contribution in [0.15, 0.2) is 24.3 Å². The van der Waals surface area contributed by atoms with Crippen molar-refractivity contribution in [3.8, 4) is 0 Å². The molecule has 5 nitrogen and oxygen atoms in total. The molecule has 1 fully saturated rings. The molecule has 1 aliphatic heterocycles. The van der Waals surface area contributed by atoms with Gasteiger partial charge in [0.15, 0.2) is 0 Å². The molecule has 112 valence electrons. The quantitative estimate of drug-likeness (QED) is 0.880. The van der Waals surface area contributed by atoms with E-state index in [1.54, 1.807) is 0 Å². The number of carbonyl (C=O) groups excluding carboxylic acids is 1. The zero-order valence-electron chi connectivity index (χ0n) is 11.9. The Kier molecular flexibility index (Phi) is 3.92. The normalized spacial score (nSPS) is 26.0. The second-order valence-electron chi connectivity index (χ2n) is 5.75. The highest BCUT2D eigenvalue weighted by Gasteiger charge is 2.37. The summed E-state index contributed by atoms with van der Waals surface area (Å²) in [5.41, 5.74) is 2.59. The van der Waals surface area contributed by atoms with E-state index in [-0.39, 0.29) is 18.4 Å². The van der Waals surface area contributed by atoms with Gasteiger partial charge in [0, 0.05) is 19.1 Å². The van der Waals surface area contributed by atoms with Crippen LogP contribution in [0.2, 0.25) is 0 Å². The van der Waals surface area contributed by atoms with Crippen molar-refractivity contribution in [2.45, 2.75) is 37.8 Å². The van der Waals surface area contributed by atoms with E-state index in [1.807, 2.05) is 12.1 Å². The molecule has 0 aromatic heterocycles. The maximum Gasteiger partial charge on any atom is 0.305 e. The molecule has 2 N–H and O–H groups in total. The number of rotatable bonds is 3. The van der Waals surface area contributed by atoms with Gasteiger partial charge in [-0.1, -0.05) is 24.3 Å². The lowest BCUT2D eigenvalue weighted by Crippen LogP contribution is -2.57. The van der Waals surface area contributed by atoms with Crippen molar-refractivity contribution in [3.63, 3.8) is 0 Å². The van der Waals surface area contributed by atoms with E-state index in [0.29, 0.717) is 13.1 Å². The summed E-state index contributed by atoms with van der Waals surface area (Å²) < 4.78 is 0. The largest absolute Gasteiger partial charge is 0.481 e. The number of carboxylic acid groups (broad SMARTS) is 1. The predicted molar refractivity (Wildman–Crippen MR) is 77.9 cm³/mol. The lowest BCUT2D eigenvalue weighted by Gasteiger charge is -2.42. The van der Waals surface area contributed by atoms with Crippen LogP contribution >= 0.6 is 0 Å². The minimum absolute atomic E-state index is 0.134. The van der Waals surface area contributed by atoms with Crippen molar-refractivity contribution >= 4 is 11.9 Å². The fraction of sp³-hybridized carbons (Fsp3) is 0.500. The number of nitrogens with zero attached hydrogens (tertiary/aromatic N) is 1. The molecule has 1 amide bonds. The monoisotopic (exact) mass is 288 g/mol. The number of aryl methyl sites for hydroxylation is 1. The average molecular weight is 288 g/mol. The van der Waals surface area contributed by atoms with Gasteiger partial charge in [-0.15, -0.1) is 0 Å². The number of nitrogens with one attached hydrogen (secondary N) is 1. The molecule has 0 spiro atoms. The number of amides is 1. The lowest BCUT2D eigenvalue weighted by atomic mass is 9.85. The summed E-state index contributed by atoms with van der Waals surface area (Å²) in [6.45, 7) is 1.30. The zero-order valence-corrected chi connectivity index (χ0v) is 11.9. The standard InChI is InChI=1S/C16H20N2O3/c19-15(20)10-14-16(21)17-8-9-18(14)13-7-3-5-11-4-1-2-6-12(11)13/h1-2,4,6,13-14H,3,5,7-10H2,(H,17,21)(H,19,20). The molecule has 0 radical (unpaired) electrons. The van der Waals surface area contributed by atoms with E-state index in [0.717, 1.165) is 19.3 Å². The van der Waals surface area contributed by atoms with Crippen LogP contribution < -0.4 is 5.32 Å². The molecular formula is C16H20N2O3. The van der Waals surface area contributed by atoms with Gasteiger partial charge < -0.3 is 10.4 Å². The van der Waals surface area contributed by atoms with E-state index in [4.69, 9.17) is 5.11 Å². The van der Waals surface area contributed by atoms with Crippen molar-refractivity contribution in [1.82, 2.24) is 10.2 Å². The highest BCUT2D eigenvalue weighted by Crippen LogP contribution is 2.36. The highest BCUT2D eigenvalue weighted by atomic mass is 16.4. The third-order valence-corrected chi connectivity index (χ3v) is 4.48. The van der Waals surface area contributed by atoms with Gasteiger partial charge in [0.05, 0.1) is 6.42 Å². The SMILES string of the molecule is O=C(O)CC1C(=O)NCCN1C1CCCc2ccccc21. The van der Waals surface area contributed by atoms with Crippen molar-refractivity contribution < 1.29 is 14.7 Å². The Hall–Kier alpha value is -1.88. The molecular weight excluding hydrogens is 268 g/mol. The second-order valence-corrected chi connectivity index (χ2v) is 5.75. The van der Waals surface area contributed by atoms with E-state index in [9.17, 15) is 9.59 Å². The molecule has 21 heavy (non-hydrogen) atoms. The van der Waals surface area contributed by atoms with Gasteiger partial charge in [-0.2, -0.15) is 0 Å². The summed E-state index contributed by atoms with van der Waals surface area (Å²) >= 11 is 0. The number of piperazine rings is 1. The highest BCUT2D eigenvalue weighted by molar-refractivity contribution is 5.86. The summed E-state index contributed by atoms with van der Waals surface area (Å²) in [5.74, 6) is -1.09. The second kappa shape index (κ2) is 5.85. The molecule has 3 rings (SSSR count). The van der Waals surface area contributed by atoms with Crippen LogP contribution in [0.3, 0.4) is 0 Å². The molecule has 0 saturated carbocycles. The first-order valence-corrected chi connectivity index (χ1v) is 7.50. The number of aliphatic carboxylic acids is 1. The Labute approximate surface area is 123 Å². The molecule has 2 atom stereocenters. The minimum Gasteiger partial charge on any atom is -0.481 e. The van der Waals surface area contributed by atoms with Crippen molar-refractivity contribution in [3.05, 3.63) is 35.4 Å². The van der Waals surface area contributed by atoms with Gasteiger partial charge in [0.2, 0.25) is 5.91 Å². The summed E-state index contributed by atoms with van der Waals surface area (Å²) in [5, 5.41) is 11.9. The first kappa shape index (κ1) is 14.1. The molecule has 0 bridgehead atoms. The fourth-order valence-electron chi connectivity index (χ4n) is 3.55. The van der Waals surface area contributed by atoms with Crippen LogP contribution in [-0.4, -0.2) is 41.0 Å². The number of carbonyl (C=O) groups is 2. The summed E-state index contributed by atoms with van der Waals surface area (Å²) in [4.78, 5) is 25.2. The number of carboxylic acids is 1. The zero-order chi connectivity index (χ0) is 14.8. The summed E-state index contributed by atoms with van der Waals surface area (Å²) in [7, 11) is 0. The van der Waals surface area contributed by atoms with Crippen LogP contribution in [0, 0.1) is 0 Å². The van der Waals surface area contributed by atoms with Crippen LogP contribution in [0.1, 0.15) is 36.4 Å². The van der Waals surface area contributed by atoms with Gasteiger partial charge in [-0.3, -0.25) is 14.5 Å². The Morgan fingerprint density at radius 1 is 1.38 bits per heavy atom. The third kappa shape index (κ3) is 2.78. The summed E-state index contributed by atoms with van der Waals surface area (Å²) in [6, 6.07) is 7.91. The van der Waals surface area contributed by atoms with E-state index < -0.39 is 12.0 Å². The Balaban J connectivity index is 1.90.